The van der Waals surface area contributed by atoms with Gasteiger partial charge in [-0.25, -0.2) is 9.59 Å². The molecule has 0 heterocycles. The highest BCUT2D eigenvalue weighted by Crippen LogP contribution is 2.20. The SMILES string of the molecule is CCOC(=O)/C(C#N)=C\Nc1cccc(N(C)C(=O)OCc2ccccc2)c1. The number of benzene rings is 2. The average molecular weight is 379 g/mol. The molecular formula is C21H21N3O4. The number of nitriles is 1. The van der Waals surface area contributed by atoms with E-state index in [1.165, 1.54) is 11.1 Å². The van der Waals surface area contributed by atoms with E-state index in [2.05, 4.69) is 5.32 Å². The standard InChI is InChI=1S/C21H21N3O4/c1-3-27-20(25)17(13-22)14-23-18-10-7-11-19(12-18)24(2)21(26)28-15-16-8-5-4-6-9-16/h4-12,14,23H,3,15H2,1-2H3/b17-14-. The van der Waals surface area contributed by atoms with Crippen molar-refractivity contribution >= 4 is 23.4 Å². The van der Waals surface area contributed by atoms with Gasteiger partial charge in [0, 0.05) is 24.6 Å². The van der Waals surface area contributed by atoms with Gasteiger partial charge in [-0.05, 0) is 30.7 Å². The maximum absolute atomic E-state index is 12.3. The van der Waals surface area contributed by atoms with Gasteiger partial charge in [-0.2, -0.15) is 5.26 Å². The van der Waals surface area contributed by atoms with Gasteiger partial charge in [0.25, 0.3) is 0 Å². The predicted octanol–water partition coefficient (Wildman–Crippen LogP) is 3.84. The van der Waals surface area contributed by atoms with Crippen molar-refractivity contribution in [3.8, 4) is 6.07 Å². The highest BCUT2D eigenvalue weighted by Gasteiger charge is 2.13. The van der Waals surface area contributed by atoms with Gasteiger partial charge in [-0.15, -0.1) is 0 Å². The summed E-state index contributed by atoms with van der Waals surface area (Å²) < 4.78 is 10.1. The summed E-state index contributed by atoms with van der Waals surface area (Å²) >= 11 is 0. The van der Waals surface area contributed by atoms with Crippen LogP contribution < -0.4 is 10.2 Å². The first-order valence-corrected chi connectivity index (χ1v) is 8.63. The van der Waals surface area contributed by atoms with E-state index in [1.54, 1.807) is 44.3 Å². The highest BCUT2D eigenvalue weighted by atomic mass is 16.6. The lowest BCUT2D eigenvalue weighted by atomic mass is 10.2. The molecule has 0 aliphatic heterocycles. The molecule has 0 fully saturated rings. The molecule has 0 saturated heterocycles. The van der Waals surface area contributed by atoms with Crippen LogP contribution in [-0.4, -0.2) is 25.7 Å². The second kappa shape index (κ2) is 10.4. The number of ether oxygens (including phenoxy) is 2. The summed E-state index contributed by atoms with van der Waals surface area (Å²) in [4.78, 5) is 25.3. The van der Waals surface area contributed by atoms with Gasteiger partial charge in [0.2, 0.25) is 0 Å². The van der Waals surface area contributed by atoms with E-state index < -0.39 is 12.1 Å². The Balaban J connectivity index is 2.02. The molecule has 2 aromatic carbocycles. The molecule has 0 atom stereocenters. The maximum Gasteiger partial charge on any atom is 0.414 e. The van der Waals surface area contributed by atoms with Crippen LogP contribution in [0.3, 0.4) is 0 Å². The Labute approximate surface area is 163 Å². The number of nitrogens with zero attached hydrogens (tertiary/aromatic N) is 2. The largest absolute Gasteiger partial charge is 0.462 e. The van der Waals surface area contributed by atoms with Crippen molar-refractivity contribution < 1.29 is 19.1 Å². The minimum absolute atomic E-state index is 0.150. The van der Waals surface area contributed by atoms with Crippen LogP contribution in [0.25, 0.3) is 0 Å². The van der Waals surface area contributed by atoms with E-state index in [4.69, 9.17) is 14.7 Å². The molecule has 0 spiro atoms. The smallest absolute Gasteiger partial charge is 0.414 e. The number of hydrogen-bond donors (Lipinski definition) is 1. The number of rotatable bonds is 7. The van der Waals surface area contributed by atoms with Crippen molar-refractivity contribution in [2.75, 3.05) is 23.9 Å². The van der Waals surface area contributed by atoms with Gasteiger partial charge in [0.05, 0.1) is 6.61 Å². The summed E-state index contributed by atoms with van der Waals surface area (Å²) in [6.45, 7) is 2.02. The second-order valence-corrected chi connectivity index (χ2v) is 5.68. The van der Waals surface area contributed by atoms with E-state index in [0.29, 0.717) is 11.4 Å². The normalized spacial score (nSPS) is 10.5. The summed E-state index contributed by atoms with van der Waals surface area (Å²) in [5, 5.41) is 11.9. The summed E-state index contributed by atoms with van der Waals surface area (Å²) in [7, 11) is 1.60. The maximum atomic E-state index is 12.3. The Kier molecular flexibility index (Phi) is 7.61. The van der Waals surface area contributed by atoms with Gasteiger partial charge in [-0.1, -0.05) is 36.4 Å². The molecule has 2 rings (SSSR count). The van der Waals surface area contributed by atoms with Crippen LogP contribution in [0.4, 0.5) is 16.2 Å². The monoisotopic (exact) mass is 379 g/mol. The summed E-state index contributed by atoms with van der Waals surface area (Å²) in [6, 6.07) is 18.1. The second-order valence-electron chi connectivity index (χ2n) is 5.68. The highest BCUT2D eigenvalue weighted by molar-refractivity contribution is 5.93. The Morgan fingerprint density at radius 3 is 2.57 bits per heavy atom. The minimum atomic E-state index is -0.699. The number of carbonyl (C=O) groups excluding carboxylic acids is 2. The van der Waals surface area contributed by atoms with Crippen molar-refractivity contribution in [3.05, 3.63) is 71.9 Å². The first-order valence-electron chi connectivity index (χ1n) is 8.63. The zero-order chi connectivity index (χ0) is 20.4. The molecule has 0 unspecified atom stereocenters. The van der Waals surface area contributed by atoms with E-state index in [-0.39, 0.29) is 18.8 Å². The average Bonchev–Trinajstić information content (AvgIpc) is 2.73. The van der Waals surface area contributed by atoms with Crippen LogP contribution in [-0.2, 0) is 20.9 Å². The van der Waals surface area contributed by atoms with Crippen molar-refractivity contribution in [1.29, 1.82) is 5.26 Å². The molecule has 0 aliphatic rings. The van der Waals surface area contributed by atoms with E-state index in [1.807, 2.05) is 30.3 Å². The summed E-state index contributed by atoms with van der Waals surface area (Å²) in [5.41, 5.74) is 1.93. The van der Waals surface area contributed by atoms with Gasteiger partial charge in [0.15, 0.2) is 5.57 Å². The van der Waals surface area contributed by atoms with Crippen molar-refractivity contribution in [2.24, 2.45) is 0 Å². The first-order chi connectivity index (χ1) is 13.5. The van der Waals surface area contributed by atoms with E-state index in [0.717, 1.165) is 5.56 Å². The Morgan fingerprint density at radius 2 is 1.89 bits per heavy atom. The third kappa shape index (κ3) is 5.88. The van der Waals surface area contributed by atoms with Crippen LogP contribution in [0.5, 0.6) is 0 Å². The van der Waals surface area contributed by atoms with Crippen molar-refractivity contribution in [1.82, 2.24) is 0 Å². The molecular weight excluding hydrogens is 358 g/mol. The molecule has 28 heavy (non-hydrogen) atoms. The molecule has 2 aromatic rings. The molecule has 1 N–H and O–H groups in total. The number of nitrogens with one attached hydrogen (secondary N) is 1. The lowest BCUT2D eigenvalue weighted by Crippen LogP contribution is -2.26. The molecule has 0 aliphatic carbocycles. The van der Waals surface area contributed by atoms with Crippen LogP contribution in [0, 0.1) is 11.3 Å². The third-order valence-electron chi connectivity index (χ3n) is 3.71. The summed E-state index contributed by atoms with van der Waals surface area (Å²) in [6.07, 6.45) is 0.769. The van der Waals surface area contributed by atoms with Gasteiger partial charge < -0.3 is 14.8 Å². The lowest BCUT2D eigenvalue weighted by Gasteiger charge is -2.18. The first kappa shape index (κ1) is 20.5. The lowest BCUT2D eigenvalue weighted by molar-refractivity contribution is -0.138. The number of amides is 1. The zero-order valence-corrected chi connectivity index (χ0v) is 15.7. The molecule has 0 aromatic heterocycles. The molecule has 0 saturated carbocycles. The minimum Gasteiger partial charge on any atom is -0.462 e. The predicted molar refractivity (Wildman–Crippen MR) is 105 cm³/mol. The van der Waals surface area contributed by atoms with Crippen LogP contribution >= 0.6 is 0 Å². The third-order valence-corrected chi connectivity index (χ3v) is 3.71. The zero-order valence-electron chi connectivity index (χ0n) is 15.7. The van der Waals surface area contributed by atoms with E-state index in [9.17, 15) is 9.59 Å². The molecule has 144 valence electrons. The van der Waals surface area contributed by atoms with Crippen molar-refractivity contribution in [2.45, 2.75) is 13.5 Å². The fourth-order valence-corrected chi connectivity index (χ4v) is 2.23. The van der Waals surface area contributed by atoms with Crippen LogP contribution in [0.1, 0.15) is 12.5 Å². The summed E-state index contributed by atoms with van der Waals surface area (Å²) in [5.74, 6) is -0.699. The Bertz CT molecular complexity index is 888. The van der Waals surface area contributed by atoms with Crippen LogP contribution in [0.2, 0.25) is 0 Å². The Morgan fingerprint density at radius 1 is 1.14 bits per heavy atom. The molecule has 0 radical (unpaired) electrons. The fourth-order valence-electron chi connectivity index (χ4n) is 2.23. The quantitative estimate of drug-likeness (QED) is 0.446. The molecule has 7 heteroatoms. The number of hydrogen-bond acceptors (Lipinski definition) is 6. The van der Waals surface area contributed by atoms with Gasteiger partial charge >= 0.3 is 12.1 Å². The number of esters is 1. The number of anilines is 2. The number of carbonyl (C=O) groups is 2. The van der Waals surface area contributed by atoms with Gasteiger partial charge in [0.1, 0.15) is 12.7 Å². The molecule has 0 bridgehead atoms. The Hall–Kier alpha value is -3.79. The molecule has 7 nitrogen and oxygen atoms in total. The van der Waals surface area contributed by atoms with Crippen molar-refractivity contribution in [3.63, 3.8) is 0 Å². The molecule has 1 amide bonds. The fraction of sp³-hybridized carbons (Fsp3) is 0.190. The van der Waals surface area contributed by atoms with Crippen LogP contribution in [0.15, 0.2) is 66.4 Å². The topological polar surface area (TPSA) is 91.7 Å². The van der Waals surface area contributed by atoms with E-state index >= 15 is 0 Å². The van der Waals surface area contributed by atoms with Gasteiger partial charge in [-0.3, -0.25) is 4.90 Å².